The molecule has 0 saturated carbocycles. The van der Waals surface area contributed by atoms with Crippen molar-refractivity contribution < 1.29 is 40.0 Å². The molecule has 2 heterocycles. The van der Waals surface area contributed by atoms with Crippen LogP contribution in [0.5, 0.6) is 11.5 Å². The van der Waals surface area contributed by atoms with Crippen molar-refractivity contribution in [2.24, 2.45) is 0 Å². The number of methoxy groups -OCH3 is 2. The van der Waals surface area contributed by atoms with Gasteiger partial charge in [-0.05, 0) is 36.4 Å². The second-order valence-corrected chi connectivity index (χ2v) is 9.03. The van der Waals surface area contributed by atoms with E-state index in [0.717, 1.165) is 12.1 Å². The van der Waals surface area contributed by atoms with Crippen molar-refractivity contribution in [1.82, 2.24) is 10.1 Å². The van der Waals surface area contributed by atoms with Crippen LogP contribution in [0.25, 0.3) is 23.0 Å². The topological polar surface area (TPSA) is 105 Å². The van der Waals surface area contributed by atoms with Gasteiger partial charge in [-0.1, -0.05) is 17.3 Å². The lowest BCUT2D eigenvalue weighted by Crippen LogP contribution is -2.05. The van der Waals surface area contributed by atoms with E-state index in [-0.39, 0.29) is 39.4 Å². The van der Waals surface area contributed by atoms with Crippen molar-refractivity contribution in [3.05, 3.63) is 65.9 Å². The highest BCUT2D eigenvalue weighted by atomic mass is 32.2. The summed E-state index contributed by atoms with van der Waals surface area (Å²) >= 11 is 0. The molecule has 0 bridgehead atoms. The van der Waals surface area contributed by atoms with Gasteiger partial charge in [0, 0.05) is 11.6 Å². The highest BCUT2D eigenvalue weighted by Crippen LogP contribution is 2.33. The molecule has 4 aromatic rings. The van der Waals surface area contributed by atoms with E-state index in [2.05, 4.69) is 10.1 Å². The van der Waals surface area contributed by atoms with Crippen LogP contribution < -0.4 is 9.47 Å². The first-order valence-electron chi connectivity index (χ1n) is 9.66. The zero-order chi connectivity index (χ0) is 24.5. The fourth-order valence-corrected chi connectivity index (χ4v) is 4.38. The lowest BCUT2D eigenvalue weighted by Gasteiger charge is -2.09. The van der Waals surface area contributed by atoms with E-state index >= 15 is 0 Å². The van der Waals surface area contributed by atoms with Gasteiger partial charge in [-0.25, -0.2) is 8.42 Å². The normalized spacial score (nSPS) is 12.0. The molecule has 34 heavy (non-hydrogen) atoms. The predicted molar refractivity (Wildman–Crippen MR) is 113 cm³/mol. The molecule has 0 spiro atoms. The van der Waals surface area contributed by atoms with E-state index < -0.39 is 27.3 Å². The van der Waals surface area contributed by atoms with Gasteiger partial charge in [-0.15, -0.1) is 0 Å². The molecule has 0 aliphatic carbocycles. The van der Waals surface area contributed by atoms with Gasteiger partial charge in [0.1, 0.15) is 11.5 Å². The maximum Gasteiger partial charge on any atom is 0.416 e. The van der Waals surface area contributed by atoms with Crippen LogP contribution in [-0.4, -0.2) is 32.8 Å². The third-order valence-electron chi connectivity index (χ3n) is 4.79. The van der Waals surface area contributed by atoms with Gasteiger partial charge in [0.2, 0.25) is 5.82 Å². The summed E-state index contributed by atoms with van der Waals surface area (Å²) in [6.45, 7) is 0. The highest BCUT2D eigenvalue weighted by Gasteiger charge is 2.31. The van der Waals surface area contributed by atoms with Gasteiger partial charge in [-0.3, -0.25) is 0 Å². The first-order valence-corrected chi connectivity index (χ1v) is 11.3. The van der Waals surface area contributed by atoms with Gasteiger partial charge in [0.25, 0.3) is 5.89 Å². The van der Waals surface area contributed by atoms with Crippen molar-refractivity contribution in [3.63, 3.8) is 0 Å². The summed E-state index contributed by atoms with van der Waals surface area (Å²) in [5, 5.41) is 3.70. The van der Waals surface area contributed by atoms with E-state index in [1.54, 1.807) is 0 Å². The minimum atomic E-state index is -4.52. The number of hydrogen-bond acceptors (Lipinski definition) is 8. The predicted octanol–water partition coefficient (Wildman–Crippen LogP) is 5.01. The van der Waals surface area contributed by atoms with Crippen LogP contribution in [0.3, 0.4) is 0 Å². The van der Waals surface area contributed by atoms with Gasteiger partial charge < -0.3 is 18.4 Å². The fraction of sp³-hybridized carbons (Fsp3) is 0.182. The molecule has 0 amide bonds. The molecule has 0 aliphatic rings. The lowest BCUT2D eigenvalue weighted by molar-refractivity contribution is -0.137. The number of furan rings is 1. The number of halogens is 3. The van der Waals surface area contributed by atoms with Crippen LogP contribution in [-0.2, 0) is 21.8 Å². The monoisotopic (exact) mass is 494 g/mol. The maximum absolute atomic E-state index is 13.0. The molecule has 0 saturated heterocycles. The van der Waals surface area contributed by atoms with Crippen molar-refractivity contribution in [2.45, 2.75) is 16.8 Å². The number of sulfone groups is 1. The number of ether oxygens (including phenoxy) is 2. The molecule has 8 nitrogen and oxygen atoms in total. The number of hydrogen-bond donors (Lipinski definition) is 0. The Hall–Kier alpha value is -3.80. The molecule has 0 radical (unpaired) electrons. The SMILES string of the molecule is COc1ccc(S(=O)(=O)Cc2ccc(-c3nc(-c4cccc(C(F)(F)F)c4)no3)o2)cc1OC. The van der Waals surface area contributed by atoms with Crippen molar-refractivity contribution >= 4 is 9.84 Å². The molecule has 12 heteroatoms. The molecule has 178 valence electrons. The Morgan fingerprint density at radius 2 is 1.74 bits per heavy atom. The summed E-state index contributed by atoms with van der Waals surface area (Å²) in [6.07, 6.45) is -4.52. The number of benzene rings is 2. The maximum atomic E-state index is 13.0. The number of rotatable bonds is 7. The van der Waals surface area contributed by atoms with E-state index in [1.165, 1.54) is 56.7 Å². The standard InChI is InChI=1S/C22H17F3N2O6S/c1-30-17-9-7-16(11-19(17)31-2)34(28,29)12-15-6-8-18(32-15)21-26-20(27-33-21)13-4-3-5-14(10-13)22(23,24)25/h3-11H,12H2,1-2H3. The average molecular weight is 494 g/mol. The first kappa shape index (κ1) is 23.4. The van der Waals surface area contributed by atoms with Crippen LogP contribution in [0, 0.1) is 0 Å². The summed E-state index contributed by atoms with van der Waals surface area (Å²) < 4.78 is 85.4. The largest absolute Gasteiger partial charge is 0.493 e. The fourth-order valence-electron chi connectivity index (χ4n) is 3.13. The van der Waals surface area contributed by atoms with Crippen LogP contribution in [0.2, 0.25) is 0 Å². The zero-order valence-corrected chi connectivity index (χ0v) is 18.6. The lowest BCUT2D eigenvalue weighted by atomic mass is 10.1. The third kappa shape index (κ3) is 4.76. The number of aromatic nitrogens is 2. The average Bonchev–Trinajstić information content (AvgIpc) is 3.47. The highest BCUT2D eigenvalue weighted by molar-refractivity contribution is 7.90. The Balaban J connectivity index is 1.55. The first-order chi connectivity index (χ1) is 16.1. The van der Waals surface area contributed by atoms with Crippen LogP contribution in [0.15, 0.2) is 68.4 Å². The van der Waals surface area contributed by atoms with Crippen molar-refractivity contribution in [1.29, 1.82) is 0 Å². The van der Waals surface area contributed by atoms with Crippen LogP contribution in [0.4, 0.5) is 13.2 Å². The summed E-state index contributed by atoms with van der Waals surface area (Å²) in [4.78, 5) is 4.07. The number of nitrogens with zero attached hydrogens (tertiary/aromatic N) is 2. The summed E-state index contributed by atoms with van der Waals surface area (Å²) in [6, 6.07) is 11.6. The Kier molecular flexibility index (Phi) is 6.09. The minimum absolute atomic E-state index is 0.00715. The molecule has 2 aromatic heterocycles. The number of alkyl halides is 3. The Bertz CT molecular complexity index is 1430. The Labute approximate surface area is 191 Å². The van der Waals surface area contributed by atoms with Gasteiger partial charge in [-0.2, -0.15) is 18.2 Å². The van der Waals surface area contributed by atoms with Gasteiger partial charge in [0.15, 0.2) is 27.1 Å². The molecule has 0 atom stereocenters. The Morgan fingerprint density at radius 3 is 2.44 bits per heavy atom. The summed E-state index contributed by atoms with van der Waals surface area (Å²) in [5.41, 5.74) is -0.746. The third-order valence-corrected chi connectivity index (χ3v) is 6.43. The van der Waals surface area contributed by atoms with E-state index in [4.69, 9.17) is 18.4 Å². The molecular formula is C22H17F3N2O6S. The molecule has 0 aliphatic heterocycles. The second kappa shape index (κ2) is 8.86. The summed E-state index contributed by atoms with van der Waals surface area (Å²) in [7, 11) is -0.968. The molecule has 2 aromatic carbocycles. The van der Waals surface area contributed by atoms with Gasteiger partial charge in [0.05, 0.1) is 24.7 Å². The van der Waals surface area contributed by atoms with E-state index in [1.807, 2.05) is 0 Å². The molecule has 4 rings (SSSR count). The minimum Gasteiger partial charge on any atom is -0.493 e. The van der Waals surface area contributed by atoms with Crippen molar-refractivity contribution in [2.75, 3.05) is 14.2 Å². The summed E-state index contributed by atoms with van der Waals surface area (Å²) in [5.74, 6) is 0.175. The van der Waals surface area contributed by atoms with E-state index in [9.17, 15) is 21.6 Å². The zero-order valence-electron chi connectivity index (χ0n) is 17.8. The molecular weight excluding hydrogens is 477 g/mol. The van der Waals surface area contributed by atoms with Crippen LogP contribution in [0.1, 0.15) is 11.3 Å². The molecule has 0 N–H and O–H groups in total. The van der Waals surface area contributed by atoms with Crippen LogP contribution >= 0.6 is 0 Å². The second-order valence-electron chi connectivity index (χ2n) is 7.04. The quantitative estimate of drug-likeness (QED) is 0.353. The van der Waals surface area contributed by atoms with E-state index in [0.29, 0.717) is 5.75 Å². The Morgan fingerprint density at radius 1 is 0.971 bits per heavy atom. The smallest absolute Gasteiger partial charge is 0.416 e. The van der Waals surface area contributed by atoms with Crippen molar-refractivity contribution in [3.8, 4) is 34.5 Å². The van der Waals surface area contributed by atoms with Gasteiger partial charge >= 0.3 is 6.18 Å². The molecule has 0 unspecified atom stereocenters. The molecule has 0 fully saturated rings.